The maximum atomic E-state index is 12.1. The second-order valence-electron chi connectivity index (χ2n) is 5.01. The van der Waals surface area contributed by atoms with Gasteiger partial charge in [0.2, 0.25) is 5.91 Å². The van der Waals surface area contributed by atoms with E-state index in [1.807, 2.05) is 0 Å². The van der Waals surface area contributed by atoms with Crippen LogP contribution in [0.3, 0.4) is 0 Å². The topological polar surface area (TPSA) is 93.2 Å². The minimum absolute atomic E-state index is 0.0303. The summed E-state index contributed by atoms with van der Waals surface area (Å²) in [6.45, 7) is 4.37. The number of nitrogens with two attached hydrogens (primary N) is 1. The standard InChI is InChI=1S/C13H21N5O2/c1-10(13(20)18-5-2-3-6-18)16-12(19)11-8-17(7-4-14)9-15-11/h8-10H,2-7,14H2,1H3,(H,16,19). The van der Waals surface area contributed by atoms with Crippen molar-refractivity contribution in [3.05, 3.63) is 18.2 Å². The largest absolute Gasteiger partial charge is 0.341 e. The molecular formula is C13H21N5O2. The third-order valence-corrected chi connectivity index (χ3v) is 3.39. The lowest BCUT2D eigenvalue weighted by Crippen LogP contribution is -2.46. The Bertz CT molecular complexity index is 479. The van der Waals surface area contributed by atoms with Gasteiger partial charge in [0.25, 0.3) is 5.91 Å². The molecule has 2 rings (SSSR count). The van der Waals surface area contributed by atoms with Gasteiger partial charge < -0.3 is 20.5 Å². The average Bonchev–Trinajstić information content (AvgIpc) is 3.09. The first-order chi connectivity index (χ1) is 9.61. The van der Waals surface area contributed by atoms with Gasteiger partial charge in [-0.05, 0) is 19.8 Å². The molecule has 1 aromatic heterocycles. The van der Waals surface area contributed by atoms with Crippen LogP contribution in [0.1, 0.15) is 30.3 Å². The van der Waals surface area contributed by atoms with Crippen LogP contribution in [0, 0.1) is 0 Å². The van der Waals surface area contributed by atoms with Gasteiger partial charge in [-0.25, -0.2) is 4.98 Å². The number of rotatable bonds is 5. The fourth-order valence-corrected chi connectivity index (χ4v) is 2.29. The molecule has 1 unspecified atom stereocenters. The van der Waals surface area contributed by atoms with Crippen LogP contribution in [-0.2, 0) is 11.3 Å². The van der Waals surface area contributed by atoms with Crippen molar-refractivity contribution in [3.63, 3.8) is 0 Å². The van der Waals surface area contributed by atoms with Gasteiger partial charge in [-0.2, -0.15) is 0 Å². The minimum Gasteiger partial charge on any atom is -0.341 e. The van der Waals surface area contributed by atoms with E-state index >= 15 is 0 Å². The highest BCUT2D eigenvalue weighted by atomic mass is 16.2. The Labute approximate surface area is 118 Å². The van der Waals surface area contributed by atoms with Crippen LogP contribution in [0.25, 0.3) is 0 Å². The van der Waals surface area contributed by atoms with Crippen molar-refractivity contribution in [1.29, 1.82) is 0 Å². The molecule has 0 bridgehead atoms. The SMILES string of the molecule is CC(NC(=O)c1cn(CCN)cn1)C(=O)N1CCCC1. The maximum absolute atomic E-state index is 12.1. The van der Waals surface area contributed by atoms with Crippen LogP contribution in [0.5, 0.6) is 0 Å². The zero-order valence-electron chi connectivity index (χ0n) is 11.7. The predicted molar refractivity (Wildman–Crippen MR) is 74.0 cm³/mol. The summed E-state index contributed by atoms with van der Waals surface area (Å²) in [5.41, 5.74) is 5.74. The average molecular weight is 279 g/mol. The second kappa shape index (κ2) is 6.51. The summed E-state index contributed by atoms with van der Waals surface area (Å²) >= 11 is 0. The first-order valence-electron chi connectivity index (χ1n) is 6.93. The zero-order chi connectivity index (χ0) is 14.5. The summed E-state index contributed by atoms with van der Waals surface area (Å²) < 4.78 is 1.75. The van der Waals surface area contributed by atoms with Gasteiger partial charge >= 0.3 is 0 Å². The first-order valence-corrected chi connectivity index (χ1v) is 6.93. The summed E-state index contributed by atoms with van der Waals surface area (Å²) in [6.07, 6.45) is 5.27. The maximum Gasteiger partial charge on any atom is 0.272 e. The molecule has 7 nitrogen and oxygen atoms in total. The van der Waals surface area contributed by atoms with Gasteiger partial charge in [-0.15, -0.1) is 0 Å². The van der Waals surface area contributed by atoms with E-state index in [9.17, 15) is 9.59 Å². The highest BCUT2D eigenvalue weighted by Gasteiger charge is 2.25. The van der Waals surface area contributed by atoms with Crippen molar-refractivity contribution < 1.29 is 9.59 Å². The van der Waals surface area contributed by atoms with Gasteiger partial charge in [0, 0.05) is 32.4 Å². The van der Waals surface area contributed by atoms with E-state index in [1.54, 1.807) is 28.9 Å². The molecule has 2 amide bonds. The highest BCUT2D eigenvalue weighted by Crippen LogP contribution is 2.09. The quantitative estimate of drug-likeness (QED) is 0.765. The van der Waals surface area contributed by atoms with Gasteiger partial charge in [0.15, 0.2) is 0 Å². The normalized spacial score (nSPS) is 16.2. The molecule has 3 N–H and O–H groups in total. The number of imidazole rings is 1. The number of amides is 2. The monoisotopic (exact) mass is 279 g/mol. The van der Waals surface area contributed by atoms with Crippen molar-refractivity contribution in [2.45, 2.75) is 32.4 Å². The Kier molecular flexibility index (Phi) is 4.73. The molecule has 110 valence electrons. The zero-order valence-corrected chi connectivity index (χ0v) is 11.7. The van der Waals surface area contributed by atoms with Crippen molar-refractivity contribution in [2.24, 2.45) is 5.73 Å². The van der Waals surface area contributed by atoms with Crippen LogP contribution in [0.4, 0.5) is 0 Å². The Morgan fingerprint density at radius 2 is 2.15 bits per heavy atom. The number of carbonyl (C=O) groups excluding carboxylic acids is 2. The Balaban J connectivity index is 1.90. The number of nitrogens with zero attached hydrogens (tertiary/aromatic N) is 3. The van der Waals surface area contributed by atoms with E-state index < -0.39 is 6.04 Å². The van der Waals surface area contributed by atoms with E-state index in [0.29, 0.717) is 18.8 Å². The van der Waals surface area contributed by atoms with E-state index in [-0.39, 0.29) is 11.8 Å². The lowest BCUT2D eigenvalue weighted by atomic mass is 10.2. The van der Waals surface area contributed by atoms with E-state index in [2.05, 4.69) is 10.3 Å². The number of aromatic nitrogens is 2. The van der Waals surface area contributed by atoms with Crippen LogP contribution >= 0.6 is 0 Å². The number of likely N-dealkylation sites (tertiary alicyclic amines) is 1. The molecule has 1 aliphatic heterocycles. The summed E-state index contributed by atoms with van der Waals surface area (Å²) in [5, 5.41) is 2.69. The van der Waals surface area contributed by atoms with E-state index in [0.717, 1.165) is 25.9 Å². The summed E-state index contributed by atoms with van der Waals surface area (Å²) in [6, 6.07) is -0.528. The number of hydrogen-bond donors (Lipinski definition) is 2. The van der Waals surface area contributed by atoms with Crippen molar-refractivity contribution >= 4 is 11.8 Å². The molecule has 0 aliphatic carbocycles. The molecule has 0 saturated carbocycles. The summed E-state index contributed by atoms with van der Waals surface area (Å²) in [5.74, 6) is -0.363. The van der Waals surface area contributed by atoms with Crippen molar-refractivity contribution in [1.82, 2.24) is 19.8 Å². The molecule has 2 heterocycles. The highest BCUT2D eigenvalue weighted by molar-refractivity contribution is 5.95. The molecule has 1 atom stereocenters. The van der Waals surface area contributed by atoms with E-state index in [1.165, 1.54) is 0 Å². The van der Waals surface area contributed by atoms with Gasteiger partial charge in [-0.3, -0.25) is 9.59 Å². The minimum atomic E-state index is -0.528. The third kappa shape index (κ3) is 3.36. The van der Waals surface area contributed by atoms with Crippen LogP contribution in [0.15, 0.2) is 12.5 Å². The van der Waals surface area contributed by atoms with Crippen molar-refractivity contribution in [3.8, 4) is 0 Å². The van der Waals surface area contributed by atoms with Crippen LogP contribution in [0.2, 0.25) is 0 Å². The van der Waals surface area contributed by atoms with Gasteiger partial charge in [0.1, 0.15) is 11.7 Å². The number of hydrogen-bond acceptors (Lipinski definition) is 4. The molecule has 1 aliphatic rings. The smallest absolute Gasteiger partial charge is 0.272 e. The lowest BCUT2D eigenvalue weighted by Gasteiger charge is -2.20. The third-order valence-electron chi connectivity index (χ3n) is 3.39. The summed E-state index contributed by atoms with van der Waals surface area (Å²) in [4.78, 5) is 29.9. The fraction of sp³-hybridized carbons (Fsp3) is 0.615. The van der Waals surface area contributed by atoms with Crippen molar-refractivity contribution in [2.75, 3.05) is 19.6 Å². The van der Waals surface area contributed by atoms with Crippen LogP contribution in [-0.4, -0.2) is 51.9 Å². The lowest BCUT2D eigenvalue weighted by molar-refractivity contribution is -0.131. The molecule has 1 aromatic rings. The molecule has 7 heteroatoms. The Morgan fingerprint density at radius 1 is 1.45 bits per heavy atom. The van der Waals surface area contributed by atoms with E-state index in [4.69, 9.17) is 5.73 Å². The molecule has 20 heavy (non-hydrogen) atoms. The summed E-state index contributed by atoms with van der Waals surface area (Å²) in [7, 11) is 0. The molecular weight excluding hydrogens is 258 g/mol. The molecule has 1 saturated heterocycles. The molecule has 1 fully saturated rings. The molecule has 0 aromatic carbocycles. The Hall–Kier alpha value is -1.89. The predicted octanol–water partition coefficient (Wildman–Crippen LogP) is -0.417. The fourth-order valence-electron chi connectivity index (χ4n) is 2.29. The second-order valence-corrected chi connectivity index (χ2v) is 5.01. The number of nitrogens with one attached hydrogen (secondary N) is 1. The first kappa shape index (κ1) is 14.5. The van der Waals surface area contributed by atoms with Crippen LogP contribution < -0.4 is 11.1 Å². The Morgan fingerprint density at radius 3 is 2.80 bits per heavy atom. The molecule has 0 radical (unpaired) electrons. The molecule has 0 spiro atoms. The number of carbonyl (C=O) groups is 2. The van der Waals surface area contributed by atoms with Gasteiger partial charge in [0.05, 0.1) is 6.33 Å². The van der Waals surface area contributed by atoms with Gasteiger partial charge in [-0.1, -0.05) is 0 Å².